The summed E-state index contributed by atoms with van der Waals surface area (Å²) in [4.78, 5) is 24.6. The summed E-state index contributed by atoms with van der Waals surface area (Å²) in [5.74, 6) is -1.16. The van der Waals surface area contributed by atoms with Crippen molar-refractivity contribution in [1.29, 1.82) is 0 Å². The molecule has 2 aromatic carbocycles. The highest BCUT2D eigenvalue weighted by molar-refractivity contribution is 5.86. The Morgan fingerprint density at radius 1 is 0.935 bits per heavy atom. The summed E-state index contributed by atoms with van der Waals surface area (Å²) in [6.07, 6.45) is -3.74. The number of hydrogen-bond donors (Lipinski definition) is 3. The van der Waals surface area contributed by atoms with Gasteiger partial charge in [-0.15, -0.1) is 13.2 Å². The molecule has 0 radical (unpaired) electrons. The molecule has 3 amide bonds. The lowest BCUT2D eigenvalue weighted by atomic mass is 10.1. The van der Waals surface area contributed by atoms with E-state index in [1.54, 1.807) is 0 Å². The Hall–Kier alpha value is -3.30. The number of benzene rings is 2. The summed E-state index contributed by atoms with van der Waals surface area (Å²) < 4.78 is 53.3. The van der Waals surface area contributed by atoms with E-state index in [9.17, 15) is 27.2 Å². The predicted molar refractivity (Wildman–Crippen MR) is 105 cm³/mol. The zero-order valence-electron chi connectivity index (χ0n) is 16.8. The lowest BCUT2D eigenvalue weighted by Gasteiger charge is -2.18. The van der Waals surface area contributed by atoms with E-state index >= 15 is 0 Å². The molecule has 0 saturated heterocycles. The number of ether oxygens (including phenoxy) is 1. The van der Waals surface area contributed by atoms with Crippen molar-refractivity contribution < 1.29 is 31.9 Å². The first-order valence-electron chi connectivity index (χ1n) is 9.57. The van der Waals surface area contributed by atoms with E-state index in [1.807, 2.05) is 6.92 Å². The van der Waals surface area contributed by atoms with Gasteiger partial charge in [0.15, 0.2) is 0 Å². The van der Waals surface area contributed by atoms with E-state index in [1.165, 1.54) is 36.4 Å². The third-order valence-electron chi connectivity index (χ3n) is 4.19. The van der Waals surface area contributed by atoms with Gasteiger partial charge in [-0.2, -0.15) is 0 Å². The van der Waals surface area contributed by atoms with E-state index in [4.69, 9.17) is 0 Å². The molecule has 0 saturated carbocycles. The maximum Gasteiger partial charge on any atom is 0.573 e. The van der Waals surface area contributed by atoms with Crippen LogP contribution >= 0.6 is 0 Å². The van der Waals surface area contributed by atoms with Crippen molar-refractivity contribution in [2.75, 3.05) is 0 Å². The van der Waals surface area contributed by atoms with Gasteiger partial charge in [-0.05, 0) is 41.8 Å². The van der Waals surface area contributed by atoms with E-state index in [-0.39, 0.29) is 24.7 Å². The van der Waals surface area contributed by atoms with Crippen molar-refractivity contribution in [3.63, 3.8) is 0 Å². The molecule has 0 aliphatic rings. The summed E-state index contributed by atoms with van der Waals surface area (Å²) in [7, 11) is 0. The van der Waals surface area contributed by atoms with Crippen LogP contribution in [0.2, 0.25) is 0 Å². The number of hydrogen-bond acceptors (Lipinski definition) is 3. The van der Waals surface area contributed by atoms with Gasteiger partial charge in [0.2, 0.25) is 5.91 Å². The minimum Gasteiger partial charge on any atom is -0.406 e. The topological polar surface area (TPSA) is 79.5 Å². The number of carbonyl (C=O) groups excluding carboxylic acids is 2. The number of urea groups is 1. The Morgan fingerprint density at radius 2 is 1.48 bits per heavy atom. The molecular formula is C21H23F4N3O3. The molecule has 6 nitrogen and oxygen atoms in total. The van der Waals surface area contributed by atoms with Crippen LogP contribution in [0.3, 0.4) is 0 Å². The minimum atomic E-state index is -4.77. The van der Waals surface area contributed by atoms with Gasteiger partial charge < -0.3 is 20.7 Å². The molecule has 2 aromatic rings. The van der Waals surface area contributed by atoms with Gasteiger partial charge in [0.25, 0.3) is 0 Å². The molecule has 0 bridgehead atoms. The summed E-state index contributed by atoms with van der Waals surface area (Å²) >= 11 is 0. The van der Waals surface area contributed by atoms with E-state index in [0.717, 1.165) is 12.1 Å². The molecule has 0 aliphatic heterocycles. The fraction of sp³-hybridized carbons (Fsp3) is 0.333. The minimum absolute atomic E-state index is 0.0736. The van der Waals surface area contributed by atoms with Crippen LogP contribution in [0.4, 0.5) is 22.4 Å². The van der Waals surface area contributed by atoms with Crippen LogP contribution in [-0.2, 0) is 17.9 Å². The van der Waals surface area contributed by atoms with Crippen LogP contribution in [0.1, 0.15) is 30.9 Å². The first-order chi connectivity index (χ1) is 14.7. The van der Waals surface area contributed by atoms with Gasteiger partial charge in [-0.25, -0.2) is 9.18 Å². The highest BCUT2D eigenvalue weighted by Gasteiger charge is 2.31. The highest BCUT2D eigenvalue weighted by Crippen LogP contribution is 2.22. The van der Waals surface area contributed by atoms with Crippen molar-refractivity contribution in [1.82, 2.24) is 16.0 Å². The molecule has 3 N–H and O–H groups in total. The molecule has 2 rings (SSSR count). The summed E-state index contributed by atoms with van der Waals surface area (Å²) in [5.41, 5.74) is 1.27. The molecule has 0 spiro atoms. The fourth-order valence-corrected chi connectivity index (χ4v) is 2.67. The number of nitrogens with one attached hydrogen (secondary N) is 3. The fourth-order valence-electron chi connectivity index (χ4n) is 2.67. The van der Waals surface area contributed by atoms with Crippen molar-refractivity contribution in [3.05, 3.63) is 65.5 Å². The quantitative estimate of drug-likeness (QED) is 0.515. The third kappa shape index (κ3) is 8.93. The number of rotatable bonds is 9. The molecule has 0 fully saturated rings. The second-order valence-corrected chi connectivity index (χ2v) is 6.70. The number of carbonyl (C=O) groups is 2. The number of alkyl halides is 3. The van der Waals surface area contributed by atoms with Gasteiger partial charge in [-0.3, -0.25) is 4.79 Å². The van der Waals surface area contributed by atoms with E-state index in [2.05, 4.69) is 20.7 Å². The Kier molecular flexibility index (Phi) is 8.65. The maximum absolute atomic E-state index is 12.9. The molecule has 0 aromatic heterocycles. The van der Waals surface area contributed by atoms with Gasteiger partial charge in [0.05, 0.1) is 0 Å². The zero-order chi connectivity index (χ0) is 22.9. The largest absolute Gasteiger partial charge is 0.573 e. The molecule has 31 heavy (non-hydrogen) atoms. The highest BCUT2D eigenvalue weighted by atomic mass is 19.4. The van der Waals surface area contributed by atoms with Crippen LogP contribution in [-0.4, -0.2) is 24.3 Å². The molecule has 1 unspecified atom stereocenters. The van der Waals surface area contributed by atoms with Crippen molar-refractivity contribution in [2.24, 2.45) is 0 Å². The normalized spacial score (nSPS) is 12.0. The summed E-state index contributed by atoms with van der Waals surface area (Å²) in [6, 6.07) is 9.41. The predicted octanol–water partition coefficient (Wildman–Crippen LogP) is 4.01. The standard InChI is InChI=1S/C21H23F4N3O3/c1-2-3-18(28-20(30)27-13-14-4-8-16(22)9-5-14)19(29)26-12-15-6-10-17(11-7-15)31-21(23,24)25/h4-11,18H,2-3,12-13H2,1H3,(H,26,29)(H2,27,28,30). The average molecular weight is 441 g/mol. The first kappa shape index (κ1) is 24.0. The van der Waals surface area contributed by atoms with Crippen molar-refractivity contribution >= 4 is 11.9 Å². The van der Waals surface area contributed by atoms with Crippen LogP contribution in [0.15, 0.2) is 48.5 Å². The maximum atomic E-state index is 12.9. The smallest absolute Gasteiger partial charge is 0.406 e. The third-order valence-corrected chi connectivity index (χ3v) is 4.19. The Morgan fingerprint density at radius 3 is 2.03 bits per heavy atom. The molecule has 0 aliphatic carbocycles. The second kappa shape index (κ2) is 11.2. The van der Waals surface area contributed by atoms with Gasteiger partial charge in [0, 0.05) is 13.1 Å². The summed E-state index contributed by atoms with van der Waals surface area (Å²) in [5, 5.41) is 7.84. The van der Waals surface area contributed by atoms with Gasteiger partial charge in [0.1, 0.15) is 17.6 Å². The monoisotopic (exact) mass is 441 g/mol. The molecule has 10 heteroatoms. The van der Waals surface area contributed by atoms with E-state index in [0.29, 0.717) is 24.0 Å². The number of amides is 3. The van der Waals surface area contributed by atoms with Gasteiger partial charge >= 0.3 is 12.4 Å². The number of halogens is 4. The van der Waals surface area contributed by atoms with E-state index < -0.39 is 24.3 Å². The molecule has 168 valence electrons. The Balaban J connectivity index is 1.83. The molecule has 0 heterocycles. The van der Waals surface area contributed by atoms with Crippen LogP contribution in [0.5, 0.6) is 5.75 Å². The van der Waals surface area contributed by atoms with Crippen molar-refractivity contribution in [2.45, 2.75) is 45.3 Å². The van der Waals surface area contributed by atoms with Crippen LogP contribution in [0, 0.1) is 5.82 Å². The first-order valence-corrected chi connectivity index (χ1v) is 9.57. The molecular weight excluding hydrogens is 418 g/mol. The lowest BCUT2D eigenvalue weighted by molar-refractivity contribution is -0.274. The van der Waals surface area contributed by atoms with Gasteiger partial charge in [-0.1, -0.05) is 37.6 Å². The average Bonchev–Trinajstić information content (AvgIpc) is 2.71. The Bertz CT molecular complexity index is 856. The lowest BCUT2D eigenvalue weighted by Crippen LogP contribution is -2.49. The van der Waals surface area contributed by atoms with Crippen LogP contribution in [0.25, 0.3) is 0 Å². The van der Waals surface area contributed by atoms with Crippen LogP contribution < -0.4 is 20.7 Å². The Labute approximate surface area is 177 Å². The molecule has 1 atom stereocenters. The second-order valence-electron chi connectivity index (χ2n) is 6.70. The summed E-state index contributed by atoms with van der Waals surface area (Å²) in [6.45, 7) is 2.10. The zero-order valence-corrected chi connectivity index (χ0v) is 16.8. The SMILES string of the molecule is CCCC(NC(=O)NCc1ccc(F)cc1)C(=O)NCc1ccc(OC(F)(F)F)cc1. The van der Waals surface area contributed by atoms with Crippen molar-refractivity contribution in [3.8, 4) is 5.75 Å².